The molecule has 1 atom stereocenters. The second-order valence-corrected chi connectivity index (χ2v) is 6.90. The number of halogens is 1. The zero-order valence-corrected chi connectivity index (χ0v) is 19.9. The number of nitrogens with one attached hydrogen (secondary N) is 1. The highest BCUT2D eigenvalue weighted by molar-refractivity contribution is 14.0. The fourth-order valence-corrected chi connectivity index (χ4v) is 3.43. The van der Waals surface area contributed by atoms with E-state index in [1.807, 2.05) is 43.0 Å². The fraction of sp³-hybridized carbons (Fsp3) is 0.619. The van der Waals surface area contributed by atoms with Crippen molar-refractivity contribution in [2.24, 2.45) is 10.9 Å². The number of hydrogen-bond donors (Lipinski definition) is 1. The molecule has 1 aromatic carbocycles. The average molecular weight is 502 g/mol. The van der Waals surface area contributed by atoms with Crippen LogP contribution in [0.25, 0.3) is 0 Å². The summed E-state index contributed by atoms with van der Waals surface area (Å²) in [6.07, 6.45) is 1.14. The molecule has 1 aliphatic rings. The largest absolute Gasteiger partial charge is 0.384 e. The van der Waals surface area contributed by atoms with Crippen molar-refractivity contribution < 1.29 is 9.53 Å². The minimum absolute atomic E-state index is 0. The summed E-state index contributed by atoms with van der Waals surface area (Å²) in [6.45, 7) is 11.8. The van der Waals surface area contributed by atoms with Crippen molar-refractivity contribution in [1.29, 1.82) is 0 Å². The van der Waals surface area contributed by atoms with Crippen molar-refractivity contribution in [3.05, 3.63) is 35.4 Å². The molecule has 1 amide bonds. The van der Waals surface area contributed by atoms with Crippen molar-refractivity contribution >= 4 is 35.8 Å². The number of likely N-dealkylation sites (tertiary alicyclic amines) is 1. The van der Waals surface area contributed by atoms with Gasteiger partial charge in [0.05, 0.1) is 13.2 Å². The molecule has 0 saturated carbocycles. The number of rotatable bonds is 8. The molecule has 0 aromatic heterocycles. The highest BCUT2D eigenvalue weighted by atomic mass is 127. The van der Waals surface area contributed by atoms with E-state index >= 15 is 0 Å². The third-order valence-electron chi connectivity index (χ3n) is 4.99. The van der Waals surface area contributed by atoms with Gasteiger partial charge in [0.1, 0.15) is 0 Å². The van der Waals surface area contributed by atoms with Crippen LogP contribution in [0.3, 0.4) is 0 Å². The van der Waals surface area contributed by atoms with Crippen LogP contribution in [0.15, 0.2) is 29.3 Å². The van der Waals surface area contributed by atoms with Gasteiger partial charge in [-0.3, -0.25) is 4.79 Å². The number of amides is 1. The first-order valence-electron chi connectivity index (χ1n) is 10.0. The van der Waals surface area contributed by atoms with Crippen LogP contribution in [0, 0.1) is 5.92 Å². The van der Waals surface area contributed by atoms with Gasteiger partial charge in [0.25, 0.3) is 5.91 Å². The number of nitrogens with zero attached hydrogens (tertiary/aromatic N) is 3. The van der Waals surface area contributed by atoms with E-state index in [4.69, 9.17) is 9.73 Å². The van der Waals surface area contributed by atoms with E-state index in [1.165, 1.54) is 0 Å². The van der Waals surface area contributed by atoms with E-state index < -0.39 is 0 Å². The van der Waals surface area contributed by atoms with Gasteiger partial charge in [0.15, 0.2) is 5.96 Å². The van der Waals surface area contributed by atoms with Crippen molar-refractivity contribution in [3.8, 4) is 0 Å². The molecule has 28 heavy (non-hydrogen) atoms. The van der Waals surface area contributed by atoms with Gasteiger partial charge in [-0.2, -0.15) is 0 Å². The summed E-state index contributed by atoms with van der Waals surface area (Å²) in [7, 11) is 1.76. The smallest absolute Gasteiger partial charge is 0.253 e. The number of carbonyl (C=O) groups is 1. The maximum atomic E-state index is 12.4. The van der Waals surface area contributed by atoms with Gasteiger partial charge in [0, 0.05) is 51.3 Å². The lowest BCUT2D eigenvalue weighted by Crippen LogP contribution is -2.40. The number of guanidine groups is 1. The minimum atomic E-state index is 0. The Kier molecular flexibility index (Phi) is 11.4. The first-order chi connectivity index (χ1) is 13.1. The van der Waals surface area contributed by atoms with E-state index in [0.717, 1.165) is 62.8 Å². The van der Waals surface area contributed by atoms with Crippen molar-refractivity contribution in [1.82, 2.24) is 15.1 Å². The third kappa shape index (κ3) is 6.92. The summed E-state index contributed by atoms with van der Waals surface area (Å²) in [4.78, 5) is 21.3. The van der Waals surface area contributed by atoms with Gasteiger partial charge in [-0.05, 0) is 44.9 Å². The van der Waals surface area contributed by atoms with Gasteiger partial charge >= 0.3 is 0 Å². The van der Waals surface area contributed by atoms with E-state index in [-0.39, 0.29) is 29.9 Å². The lowest BCUT2D eigenvalue weighted by molar-refractivity contribution is 0.0773. The van der Waals surface area contributed by atoms with Gasteiger partial charge in [-0.25, -0.2) is 4.99 Å². The molecular weight excluding hydrogens is 467 g/mol. The minimum Gasteiger partial charge on any atom is -0.384 e. The molecule has 1 N–H and O–H groups in total. The van der Waals surface area contributed by atoms with Crippen LogP contribution in [0.2, 0.25) is 0 Å². The quantitative estimate of drug-likeness (QED) is 0.337. The van der Waals surface area contributed by atoms with Crippen LogP contribution in [-0.2, 0) is 11.3 Å². The summed E-state index contributed by atoms with van der Waals surface area (Å²) < 4.78 is 5.29. The maximum absolute atomic E-state index is 12.4. The predicted octanol–water partition coefficient (Wildman–Crippen LogP) is 3.22. The standard InChI is InChI=1S/C21H34N4O2.HI/c1-5-22-21(25-13-12-18(15-25)16-27-4)23-14-17-8-10-19(11-9-17)20(26)24(6-2)7-3;/h8-11,18H,5-7,12-16H2,1-4H3,(H,22,23);1H. The summed E-state index contributed by atoms with van der Waals surface area (Å²) in [5.41, 5.74) is 1.84. The molecule has 0 bridgehead atoms. The molecule has 0 aliphatic carbocycles. The summed E-state index contributed by atoms with van der Waals surface area (Å²) in [6, 6.07) is 7.81. The predicted molar refractivity (Wildman–Crippen MR) is 125 cm³/mol. The van der Waals surface area contributed by atoms with Crippen molar-refractivity contribution in [2.45, 2.75) is 33.7 Å². The van der Waals surface area contributed by atoms with Crippen LogP contribution >= 0.6 is 24.0 Å². The summed E-state index contributed by atoms with van der Waals surface area (Å²) >= 11 is 0. The fourth-order valence-electron chi connectivity index (χ4n) is 3.43. The Hall–Kier alpha value is -1.35. The van der Waals surface area contributed by atoms with Crippen LogP contribution in [0.5, 0.6) is 0 Å². The molecule has 158 valence electrons. The Morgan fingerprint density at radius 3 is 2.50 bits per heavy atom. The number of hydrogen-bond acceptors (Lipinski definition) is 3. The third-order valence-corrected chi connectivity index (χ3v) is 4.99. The summed E-state index contributed by atoms with van der Waals surface area (Å²) in [5.74, 6) is 1.62. The topological polar surface area (TPSA) is 57.2 Å². The lowest BCUT2D eigenvalue weighted by atomic mass is 10.1. The molecule has 1 aromatic rings. The van der Waals surface area contributed by atoms with Gasteiger partial charge in [-0.15, -0.1) is 24.0 Å². The zero-order chi connectivity index (χ0) is 19.6. The molecule has 1 unspecified atom stereocenters. The number of benzene rings is 1. The Morgan fingerprint density at radius 2 is 1.93 bits per heavy atom. The molecule has 1 aliphatic heterocycles. The highest BCUT2D eigenvalue weighted by Crippen LogP contribution is 2.17. The second-order valence-electron chi connectivity index (χ2n) is 6.90. The average Bonchev–Trinajstić information content (AvgIpc) is 3.15. The summed E-state index contributed by atoms with van der Waals surface area (Å²) in [5, 5.41) is 3.39. The van der Waals surface area contributed by atoms with Gasteiger partial charge in [0.2, 0.25) is 0 Å². The van der Waals surface area contributed by atoms with Gasteiger partial charge < -0.3 is 19.9 Å². The Balaban J connectivity index is 0.00000392. The number of ether oxygens (including phenoxy) is 1. The Morgan fingerprint density at radius 1 is 1.25 bits per heavy atom. The number of methoxy groups -OCH3 is 1. The Bertz CT molecular complexity index is 617. The number of carbonyl (C=O) groups excluding carboxylic acids is 1. The van der Waals surface area contributed by atoms with Crippen LogP contribution in [0.4, 0.5) is 0 Å². The van der Waals surface area contributed by atoms with Crippen molar-refractivity contribution in [3.63, 3.8) is 0 Å². The lowest BCUT2D eigenvalue weighted by Gasteiger charge is -2.21. The first-order valence-corrected chi connectivity index (χ1v) is 10.0. The molecule has 7 heteroatoms. The molecule has 1 saturated heterocycles. The normalized spacial score (nSPS) is 16.6. The van der Waals surface area contributed by atoms with E-state index in [0.29, 0.717) is 12.5 Å². The molecular formula is C21H35IN4O2. The number of aliphatic imine (C=N–C) groups is 1. The second kappa shape index (κ2) is 13.0. The Labute approximate surface area is 186 Å². The van der Waals surface area contributed by atoms with Crippen LogP contribution < -0.4 is 5.32 Å². The molecule has 1 fully saturated rings. The highest BCUT2D eigenvalue weighted by Gasteiger charge is 2.24. The van der Waals surface area contributed by atoms with Crippen LogP contribution in [0.1, 0.15) is 43.1 Å². The monoisotopic (exact) mass is 502 g/mol. The van der Waals surface area contributed by atoms with E-state index in [1.54, 1.807) is 7.11 Å². The van der Waals surface area contributed by atoms with E-state index in [9.17, 15) is 4.79 Å². The first kappa shape index (κ1) is 24.7. The molecule has 0 spiro atoms. The molecule has 2 rings (SSSR count). The van der Waals surface area contributed by atoms with Crippen LogP contribution in [-0.4, -0.2) is 68.1 Å². The molecule has 6 nitrogen and oxygen atoms in total. The molecule has 0 radical (unpaired) electrons. The zero-order valence-electron chi connectivity index (χ0n) is 17.6. The van der Waals surface area contributed by atoms with E-state index in [2.05, 4.69) is 17.1 Å². The maximum Gasteiger partial charge on any atom is 0.253 e. The van der Waals surface area contributed by atoms with Crippen molar-refractivity contribution in [2.75, 3.05) is 46.4 Å². The van der Waals surface area contributed by atoms with Gasteiger partial charge in [-0.1, -0.05) is 12.1 Å². The SMILES string of the molecule is CCNC(=NCc1ccc(C(=O)N(CC)CC)cc1)N1CCC(COC)C1.I. The molecule has 1 heterocycles.